The lowest BCUT2D eigenvalue weighted by molar-refractivity contribution is -0.385. The molecule has 1 N–H and O–H groups in total. The average molecular weight is 341 g/mol. The molecule has 0 saturated heterocycles. The normalized spacial score (nSPS) is 10.2. The van der Waals surface area contributed by atoms with Gasteiger partial charge in [-0.25, -0.2) is 0 Å². The lowest BCUT2D eigenvalue weighted by Gasteiger charge is -2.05. The number of hydrogen-bond acceptors (Lipinski definition) is 4. The van der Waals surface area contributed by atoms with Gasteiger partial charge in [0.25, 0.3) is 11.6 Å². The number of carbonyl (C=O) groups excluding carboxylic acids is 1. The number of carbonyl (C=O) groups is 1. The summed E-state index contributed by atoms with van der Waals surface area (Å²) in [6, 6.07) is 8.13. The van der Waals surface area contributed by atoms with Crippen LogP contribution in [0.3, 0.4) is 0 Å². The van der Waals surface area contributed by atoms with Crippen molar-refractivity contribution in [1.82, 2.24) is 5.32 Å². The number of nitro groups is 1. The number of nitrogens with zero attached hydrogens (tertiary/aromatic N) is 1. The summed E-state index contributed by atoms with van der Waals surface area (Å²) in [5.74, 6) is -0.250. The molecule has 19 heavy (non-hydrogen) atoms. The zero-order valence-corrected chi connectivity index (χ0v) is 12.0. The summed E-state index contributed by atoms with van der Waals surface area (Å²) in [7, 11) is 0. The van der Waals surface area contributed by atoms with E-state index in [4.69, 9.17) is 0 Å². The van der Waals surface area contributed by atoms with Gasteiger partial charge in [0, 0.05) is 22.6 Å². The molecule has 0 fully saturated rings. The summed E-state index contributed by atoms with van der Waals surface area (Å²) in [6.07, 6.45) is 0. The van der Waals surface area contributed by atoms with Crippen molar-refractivity contribution in [3.05, 3.63) is 60.7 Å². The van der Waals surface area contributed by atoms with Crippen molar-refractivity contribution in [2.45, 2.75) is 6.54 Å². The highest BCUT2D eigenvalue weighted by atomic mass is 79.9. The van der Waals surface area contributed by atoms with E-state index in [1.54, 1.807) is 29.6 Å². The number of nitro benzene ring substituents is 1. The first-order valence-electron chi connectivity index (χ1n) is 5.33. The summed E-state index contributed by atoms with van der Waals surface area (Å²) in [5, 5.41) is 15.3. The molecule has 2 aromatic rings. The molecular weight excluding hydrogens is 332 g/mol. The molecule has 0 radical (unpaired) electrons. The van der Waals surface area contributed by atoms with Gasteiger partial charge in [0.15, 0.2) is 0 Å². The summed E-state index contributed by atoms with van der Waals surface area (Å²) >= 11 is 4.58. The minimum absolute atomic E-state index is 0.00745. The maximum Gasteiger partial charge on any atom is 0.274 e. The smallest absolute Gasteiger partial charge is 0.274 e. The maximum absolute atomic E-state index is 11.9. The predicted molar refractivity (Wildman–Crippen MR) is 76.3 cm³/mol. The standard InChI is InChI=1S/C12H9BrN2O3S/c13-9-5-6-19-11(9)12(16)14-7-8-3-1-2-4-10(8)15(17)18/h1-6H,7H2,(H,14,16). The van der Waals surface area contributed by atoms with E-state index < -0.39 is 4.92 Å². The van der Waals surface area contributed by atoms with E-state index in [0.717, 1.165) is 4.47 Å². The Morgan fingerprint density at radius 1 is 1.37 bits per heavy atom. The van der Waals surface area contributed by atoms with Crippen LogP contribution < -0.4 is 5.32 Å². The fourth-order valence-electron chi connectivity index (χ4n) is 1.55. The van der Waals surface area contributed by atoms with E-state index in [0.29, 0.717) is 10.4 Å². The van der Waals surface area contributed by atoms with Gasteiger partial charge in [-0.1, -0.05) is 18.2 Å². The van der Waals surface area contributed by atoms with E-state index in [-0.39, 0.29) is 18.1 Å². The molecule has 7 heteroatoms. The molecular formula is C12H9BrN2O3S. The van der Waals surface area contributed by atoms with Crippen molar-refractivity contribution in [3.63, 3.8) is 0 Å². The molecule has 5 nitrogen and oxygen atoms in total. The van der Waals surface area contributed by atoms with E-state index in [1.165, 1.54) is 17.4 Å². The Hall–Kier alpha value is -1.73. The van der Waals surface area contributed by atoms with Gasteiger partial charge >= 0.3 is 0 Å². The van der Waals surface area contributed by atoms with Crippen molar-refractivity contribution in [2.24, 2.45) is 0 Å². The highest BCUT2D eigenvalue weighted by molar-refractivity contribution is 9.10. The number of para-hydroxylation sites is 1. The van der Waals surface area contributed by atoms with Crippen molar-refractivity contribution in [1.29, 1.82) is 0 Å². The Morgan fingerprint density at radius 2 is 2.11 bits per heavy atom. The molecule has 0 aliphatic rings. The molecule has 0 saturated carbocycles. The lowest BCUT2D eigenvalue weighted by atomic mass is 10.2. The summed E-state index contributed by atoms with van der Waals surface area (Å²) in [4.78, 5) is 22.8. The molecule has 1 aromatic carbocycles. The fourth-order valence-corrected chi connectivity index (χ4v) is 3.02. The van der Waals surface area contributed by atoms with E-state index in [2.05, 4.69) is 21.2 Å². The zero-order valence-electron chi connectivity index (χ0n) is 9.63. The van der Waals surface area contributed by atoms with Crippen LogP contribution in [0.2, 0.25) is 0 Å². The monoisotopic (exact) mass is 340 g/mol. The molecule has 0 bridgehead atoms. The molecule has 0 spiro atoms. The predicted octanol–water partition coefficient (Wildman–Crippen LogP) is 3.35. The minimum atomic E-state index is -0.456. The van der Waals surface area contributed by atoms with Gasteiger partial charge in [-0.15, -0.1) is 11.3 Å². The SMILES string of the molecule is O=C(NCc1ccccc1[N+](=O)[O-])c1sccc1Br. The molecule has 0 aliphatic heterocycles. The second-order valence-corrected chi connectivity index (χ2v) is 5.44. The minimum Gasteiger partial charge on any atom is -0.347 e. The summed E-state index contributed by atoms with van der Waals surface area (Å²) in [5.41, 5.74) is 0.488. The van der Waals surface area contributed by atoms with Crippen molar-refractivity contribution in [3.8, 4) is 0 Å². The van der Waals surface area contributed by atoms with Crippen molar-refractivity contribution in [2.75, 3.05) is 0 Å². The first-order chi connectivity index (χ1) is 9.09. The van der Waals surface area contributed by atoms with Crippen LogP contribution in [0.1, 0.15) is 15.2 Å². The Kier molecular flexibility index (Phi) is 4.28. The number of nitrogens with one attached hydrogen (secondary N) is 1. The average Bonchev–Trinajstić information content (AvgIpc) is 2.82. The second-order valence-electron chi connectivity index (χ2n) is 3.67. The van der Waals surface area contributed by atoms with Gasteiger partial charge in [-0.3, -0.25) is 14.9 Å². The third-order valence-corrected chi connectivity index (χ3v) is 4.29. The van der Waals surface area contributed by atoms with Crippen LogP contribution in [-0.2, 0) is 6.54 Å². The zero-order chi connectivity index (χ0) is 13.8. The van der Waals surface area contributed by atoms with Crippen LogP contribution >= 0.6 is 27.3 Å². The van der Waals surface area contributed by atoms with E-state index in [1.807, 2.05) is 0 Å². The maximum atomic E-state index is 11.9. The molecule has 2 rings (SSSR count). The van der Waals surface area contributed by atoms with Crippen LogP contribution in [0.4, 0.5) is 5.69 Å². The van der Waals surface area contributed by atoms with Gasteiger partial charge in [0.2, 0.25) is 0 Å². The van der Waals surface area contributed by atoms with Crippen molar-refractivity contribution >= 4 is 38.9 Å². The van der Waals surface area contributed by atoms with E-state index >= 15 is 0 Å². The van der Waals surface area contributed by atoms with Gasteiger partial charge in [-0.05, 0) is 27.4 Å². The molecule has 1 heterocycles. The van der Waals surface area contributed by atoms with Crippen LogP contribution in [-0.4, -0.2) is 10.8 Å². The number of hydrogen-bond donors (Lipinski definition) is 1. The van der Waals surface area contributed by atoms with Crippen LogP contribution in [0.5, 0.6) is 0 Å². The molecule has 98 valence electrons. The molecule has 0 atom stereocenters. The van der Waals surface area contributed by atoms with Gasteiger partial charge in [-0.2, -0.15) is 0 Å². The summed E-state index contributed by atoms with van der Waals surface area (Å²) < 4.78 is 0.720. The second kappa shape index (κ2) is 5.94. The van der Waals surface area contributed by atoms with Crippen LogP contribution in [0.15, 0.2) is 40.2 Å². The van der Waals surface area contributed by atoms with E-state index in [9.17, 15) is 14.9 Å². The first-order valence-corrected chi connectivity index (χ1v) is 7.00. The van der Waals surface area contributed by atoms with Crippen molar-refractivity contribution < 1.29 is 9.72 Å². The molecule has 1 amide bonds. The van der Waals surface area contributed by atoms with Gasteiger partial charge in [0.1, 0.15) is 4.88 Å². The Morgan fingerprint density at radius 3 is 2.74 bits per heavy atom. The van der Waals surface area contributed by atoms with Gasteiger partial charge in [0.05, 0.1) is 4.92 Å². The molecule has 1 aromatic heterocycles. The quantitative estimate of drug-likeness (QED) is 0.685. The number of halogens is 1. The third kappa shape index (κ3) is 3.18. The van der Waals surface area contributed by atoms with Crippen LogP contribution in [0.25, 0.3) is 0 Å². The van der Waals surface area contributed by atoms with Crippen LogP contribution in [0, 0.1) is 10.1 Å². The highest BCUT2D eigenvalue weighted by Crippen LogP contribution is 2.23. The molecule has 0 aliphatic carbocycles. The molecule has 0 unspecified atom stereocenters. The topological polar surface area (TPSA) is 72.2 Å². The third-order valence-electron chi connectivity index (χ3n) is 2.45. The fraction of sp³-hybridized carbons (Fsp3) is 0.0833. The summed E-state index contributed by atoms with van der Waals surface area (Å²) in [6.45, 7) is 0.125. The number of benzene rings is 1. The Balaban J connectivity index is 2.10. The van der Waals surface area contributed by atoms with Gasteiger partial charge < -0.3 is 5.32 Å². The highest BCUT2D eigenvalue weighted by Gasteiger charge is 2.15. The largest absolute Gasteiger partial charge is 0.347 e. The Bertz CT molecular complexity index is 627. The lowest BCUT2D eigenvalue weighted by Crippen LogP contribution is -2.22. The number of thiophene rings is 1. The Labute approximate surface area is 121 Å². The first kappa shape index (κ1) is 13.7. The number of amides is 1. The number of rotatable bonds is 4.